The first kappa shape index (κ1) is 13.0. The van der Waals surface area contributed by atoms with Gasteiger partial charge in [-0.25, -0.2) is 0 Å². The van der Waals surface area contributed by atoms with Crippen LogP contribution < -0.4 is 5.73 Å². The summed E-state index contributed by atoms with van der Waals surface area (Å²) in [6, 6.07) is -0.345. The maximum atomic E-state index is 12.4. The molecule has 1 saturated carbocycles. The number of rotatable bonds is 2. The molecule has 2 rings (SSSR count). The van der Waals surface area contributed by atoms with Gasteiger partial charge in [-0.05, 0) is 37.5 Å². The van der Waals surface area contributed by atoms with Gasteiger partial charge >= 0.3 is 0 Å². The number of hydrogen-bond donors (Lipinski definition) is 1. The van der Waals surface area contributed by atoms with Crippen LogP contribution in [-0.4, -0.2) is 24.0 Å². The van der Waals surface area contributed by atoms with E-state index in [9.17, 15) is 4.79 Å². The highest BCUT2D eigenvalue weighted by Crippen LogP contribution is 2.44. The average molecular weight is 239 g/mol. The topological polar surface area (TPSA) is 52.3 Å². The number of carbonyl (C=O) groups excluding carboxylic acids is 1. The molecule has 2 unspecified atom stereocenters. The Kier molecular flexibility index (Phi) is 3.34. The van der Waals surface area contributed by atoms with Gasteiger partial charge in [-0.3, -0.25) is 4.79 Å². The van der Waals surface area contributed by atoms with Crippen LogP contribution >= 0.6 is 0 Å². The lowest BCUT2D eigenvalue weighted by atomic mass is 9.69. The third kappa shape index (κ3) is 2.55. The minimum absolute atomic E-state index is 0.0379. The van der Waals surface area contributed by atoms with Crippen molar-refractivity contribution in [3.63, 3.8) is 0 Å². The van der Waals surface area contributed by atoms with Crippen molar-refractivity contribution in [1.82, 2.24) is 0 Å². The van der Waals surface area contributed by atoms with Gasteiger partial charge < -0.3 is 10.5 Å². The Morgan fingerprint density at radius 2 is 2.06 bits per heavy atom. The predicted molar refractivity (Wildman–Crippen MR) is 67.7 cm³/mol. The van der Waals surface area contributed by atoms with Gasteiger partial charge in [0.15, 0.2) is 5.78 Å². The van der Waals surface area contributed by atoms with E-state index in [1.807, 2.05) is 20.8 Å². The number of ether oxygens (including phenoxy) is 1. The highest BCUT2D eigenvalue weighted by molar-refractivity contribution is 5.87. The monoisotopic (exact) mass is 239 g/mol. The normalized spacial score (nSPS) is 29.8. The van der Waals surface area contributed by atoms with Crippen molar-refractivity contribution in [3.8, 4) is 0 Å². The van der Waals surface area contributed by atoms with Gasteiger partial charge in [-0.1, -0.05) is 20.8 Å². The van der Waals surface area contributed by atoms with E-state index in [0.717, 1.165) is 32.3 Å². The van der Waals surface area contributed by atoms with E-state index in [1.165, 1.54) is 6.42 Å². The Morgan fingerprint density at radius 3 is 2.53 bits per heavy atom. The average Bonchev–Trinajstić information content (AvgIpc) is 2.24. The second-order valence-corrected chi connectivity index (χ2v) is 6.82. The summed E-state index contributed by atoms with van der Waals surface area (Å²) in [6.07, 6.45) is 5.25. The van der Waals surface area contributed by atoms with Crippen LogP contribution in [0, 0.1) is 11.3 Å². The van der Waals surface area contributed by atoms with E-state index in [1.54, 1.807) is 0 Å². The zero-order valence-electron chi connectivity index (χ0n) is 11.3. The van der Waals surface area contributed by atoms with Crippen LogP contribution in [0.15, 0.2) is 0 Å². The summed E-state index contributed by atoms with van der Waals surface area (Å²) in [4.78, 5) is 12.4. The van der Waals surface area contributed by atoms with Crippen molar-refractivity contribution in [2.75, 3.05) is 6.61 Å². The smallest absolute Gasteiger partial charge is 0.153 e. The van der Waals surface area contributed by atoms with Crippen LogP contribution in [0.1, 0.15) is 52.9 Å². The molecule has 2 atom stereocenters. The Hall–Kier alpha value is -0.410. The summed E-state index contributed by atoms with van der Waals surface area (Å²) in [5.74, 6) is 0.366. The molecule has 0 aromatic rings. The number of carbonyl (C=O) groups is 1. The summed E-state index contributed by atoms with van der Waals surface area (Å²) in [5.41, 5.74) is 5.98. The zero-order valence-corrected chi connectivity index (χ0v) is 11.3. The van der Waals surface area contributed by atoms with Crippen LogP contribution in [0.4, 0.5) is 0 Å². The third-order valence-electron chi connectivity index (χ3n) is 4.40. The Balaban J connectivity index is 2.00. The minimum Gasteiger partial charge on any atom is -0.375 e. The molecule has 1 aliphatic carbocycles. The predicted octanol–water partition coefficient (Wildman–Crippen LogP) is 2.28. The molecule has 2 aliphatic rings. The highest BCUT2D eigenvalue weighted by Gasteiger charge is 2.45. The van der Waals surface area contributed by atoms with E-state index >= 15 is 0 Å². The Morgan fingerprint density at radius 1 is 1.41 bits per heavy atom. The lowest BCUT2D eigenvalue weighted by Crippen LogP contribution is -2.52. The van der Waals surface area contributed by atoms with E-state index in [4.69, 9.17) is 10.5 Å². The van der Waals surface area contributed by atoms with E-state index < -0.39 is 0 Å². The van der Waals surface area contributed by atoms with Crippen molar-refractivity contribution in [2.24, 2.45) is 17.1 Å². The van der Waals surface area contributed by atoms with Gasteiger partial charge in [0.2, 0.25) is 0 Å². The van der Waals surface area contributed by atoms with E-state index in [2.05, 4.69) is 0 Å². The molecule has 0 radical (unpaired) electrons. The van der Waals surface area contributed by atoms with Crippen LogP contribution in [0.25, 0.3) is 0 Å². The number of hydrogen-bond acceptors (Lipinski definition) is 3. The first-order valence-corrected chi connectivity index (χ1v) is 6.77. The molecule has 1 heterocycles. The van der Waals surface area contributed by atoms with Gasteiger partial charge in [0.25, 0.3) is 0 Å². The summed E-state index contributed by atoms with van der Waals surface area (Å²) >= 11 is 0. The van der Waals surface area contributed by atoms with Crippen LogP contribution in [0.5, 0.6) is 0 Å². The van der Waals surface area contributed by atoms with Crippen molar-refractivity contribution in [1.29, 1.82) is 0 Å². The highest BCUT2D eigenvalue weighted by atomic mass is 16.5. The number of nitrogens with two attached hydrogens (primary N) is 1. The number of ketones is 1. The lowest BCUT2D eigenvalue weighted by Gasteiger charge is -2.47. The lowest BCUT2D eigenvalue weighted by molar-refractivity contribution is -0.157. The SMILES string of the molecule is CC(C)(C)C(N)C(=O)C1CCOC2(CCC2)C1. The first-order valence-electron chi connectivity index (χ1n) is 6.77. The molecule has 3 heteroatoms. The fourth-order valence-electron chi connectivity index (χ4n) is 2.87. The van der Waals surface area contributed by atoms with Crippen LogP contribution in [0.3, 0.4) is 0 Å². The summed E-state index contributed by atoms with van der Waals surface area (Å²) in [7, 11) is 0. The Labute approximate surface area is 104 Å². The van der Waals surface area contributed by atoms with Crippen LogP contribution in [0.2, 0.25) is 0 Å². The van der Waals surface area contributed by atoms with Crippen LogP contribution in [-0.2, 0) is 9.53 Å². The largest absolute Gasteiger partial charge is 0.375 e. The standard InChI is InChI=1S/C14H25NO2/c1-13(2,3)12(15)11(16)10-5-8-17-14(9-10)6-4-7-14/h10,12H,4-9,15H2,1-3H3. The Bertz CT molecular complexity index is 302. The zero-order chi connectivity index (χ0) is 12.7. The van der Waals surface area contributed by atoms with Gasteiger partial charge in [-0.15, -0.1) is 0 Å². The maximum Gasteiger partial charge on any atom is 0.153 e. The summed E-state index contributed by atoms with van der Waals surface area (Å²) in [5, 5.41) is 0. The maximum absolute atomic E-state index is 12.4. The quantitative estimate of drug-likeness (QED) is 0.804. The molecule has 3 nitrogen and oxygen atoms in total. The second kappa shape index (κ2) is 4.36. The van der Waals surface area contributed by atoms with Crippen molar-refractivity contribution in [3.05, 3.63) is 0 Å². The molecule has 98 valence electrons. The second-order valence-electron chi connectivity index (χ2n) is 6.82. The molecule has 1 spiro atoms. The molecule has 0 aromatic carbocycles. The first-order chi connectivity index (χ1) is 7.84. The number of Topliss-reactive ketones (excluding diaryl/α,β-unsaturated/α-hetero) is 1. The van der Waals surface area contributed by atoms with Gasteiger partial charge in [0.1, 0.15) is 0 Å². The molecule has 0 amide bonds. The van der Waals surface area contributed by atoms with Gasteiger partial charge in [0.05, 0.1) is 11.6 Å². The minimum atomic E-state index is -0.345. The van der Waals surface area contributed by atoms with Gasteiger partial charge in [-0.2, -0.15) is 0 Å². The molecule has 1 aliphatic heterocycles. The fourth-order valence-corrected chi connectivity index (χ4v) is 2.87. The summed E-state index contributed by atoms with van der Waals surface area (Å²) in [6.45, 7) is 6.84. The van der Waals surface area contributed by atoms with Crippen molar-refractivity contribution < 1.29 is 9.53 Å². The third-order valence-corrected chi connectivity index (χ3v) is 4.40. The molecule has 17 heavy (non-hydrogen) atoms. The van der Waals surface area contributed by atoms with Gasteiger partial charge in [0, 0.05) is 12.5 Å². The van der Waals surface area contributed by atoms with E-state index in [-0.39, 0.29) is 28.8 Å². The fraction of sp³-hybridized carbons (Fsp3) is 0.929. The molecular formula is C14H25NO2. The molecule has 0 aromatic heterocycles. The molecule has 2 N–H and O–H groups in total. The molecule has 0 bridgehead atoms. The van der Waals surface area contributed by atoms with Crippen molar-refractivity contribution >= 4 is 5.78 Å². The van der Waals surface area contributed by atoms with E-state index in [0.29, 0.717) is 0 Å². The summed E-state index contributed by atoms with van der Waals surface area (Å²) < 4.78 is 5.85. The molecular weight excluding hydrogens is 214 g/mol. The molecule has 2 fully saturated rings. The molecule has 1 saturated heterocycles. The van der Waals surface area contributed by atoms with Crippen molar-refractivity contribution in [2.45, 2.75) is 64.5 Å².